The van der Waals surface area contributed by atoms with E-state index in [9.17, 15) is 14.7 Å². The third-order valence-corrected chi connectivity index (χ3v) is 3.17. The van der Waals surface area contributed by atoms with Crippen LogP contribution in [0.1, 0.15) is 26.7 Å². The van der Waals surface area contributed by atoms with Crippen molar-refractivity contribution in [1.82, 2.24) is 10.2 Å². The van der Waals surface area contributed by atoms with Crippen LogP contribution in [0.5, 0.6) is 0 Å². The second kappa shape index (κ2) is 6.58. The van der Waals surface area contributed by atoms with Crippen LogP contribution in [0.25, 0.3) is 0 Å². The van der Waals surface area contributed by atoms with Crippen LogP contribution in [-0.4, -0.2) is 54.4 Å². The minimum Gasteiger partial charge on any atom is -0.453 e. The van der Waals surface area contributed by atoms with Gasteiger partial charge in [0.25, 0.3) is 0 Å². The van der Waals surface area contributed by atoms with Gasteiger partial charge in [0.2, 0.25) is 5.91 Å². The molecule has 0 spiro atoms. The highest BCUT2D eigenvalue weighted by Gasteiger charge is 2.30. The summed E-state index contributed by atoms with van der Waals surface area (Å²) in [4.78, 5) is 25.2. The largest absolute Gasteiger partial charge is 0.453 e. The predicted molar refractivity (Wildman–Crippen MR) is 66.0 cm³/mol. The van der Waals surface area contributed by atoms with Crippen molar-refractivity contribution < 1.29 is 19.4 Å². The molecule has 1 aliphatic rings. The van der Waals surface area contributed by atoms with Gasteiger partial charge in [-0.15, -0.1) is 0 Å². The molecule has 1 aliphatic heterocycles. The lowest BCUT2D eigenvalue weighted by atomic mass is 10.0. The first-order valence-electron chi connectivity index (χ1n) is 6.27. The Morgan fingerprint density at radius 1 is 1.33 bits per heavy atom. The third kappa shape index (κ3) is 3.87. The minimum atomic E-state index is -0.598. The van der Waals surface area contributed by atoms with Gasteiger partial charge in [-0.2, -0.15) is 0 Å². The Bertz CT molecular complexity index is 298. The summed E-state index contributed by atoms with van der Waals surface area (Å²) in [6.45, 7) is 4.81. The van der Waals surface area contributed by atoms with Crippen LogP contribution < -0.4 is 5.32 Å². The van der Waals surface area contributed by atoms with Crippen LogP contribution >= 0.6 is 0 Å². The molecule has 1 heterocycles. The molecule has 0 aromatic heterocycles. The minimum absolute atomic E-state index is 0.0107. The van der Waals surface area contributed by atoms with Gasteiger partial charge in [-0.1, -0.05) is 13.8 Å². The second-order valence-corrected chi connectivity index (χ2v) is 4.91. The number of rotatable bonds is 3. The summed E-state index contributed by atoms with van der Waals surface area (Å²) >= 11 is 0. The molecule has 0 bridgehead atoms. The molecule has 0 aromatic rings. The maximum absolute atomic E-state index is 12.3. The second-order valence-electron chi connectivity index (χ2n) is 4.91. The number of hydrogen-bond acceptors (Lipinski definition) is 4. The molecule has 2 N–H and O–H groups in total. The van der Waals surface area contributed by atoms with Crippen LogP contribution in [0.4, 0.5) is 4.79 Å². The van der Waals surface area contributed by atoms with Gasteiger partial charge in [0.15, 0.2) is 0 Å². The van der Waals surface area contributed by atoms with Crippen molar-refractivity contribution in [3.63, 3.8) is 0 Å². The molecule has 0 saturated carbocycles. The molecule has 1 saturated heterocycles. The molecule has 1 atom stereocenters. The van der Waals surface area contributed by atoms with Crippen molar-refractivity contribution in [2.24, 2.45) is 5.92 Å². The molecule has 0 radical (unpaired) electrons. The first-order chi connectivity index (χ1) is 8.45. The number of amides is 2. The van der Waals surface area contributed by atoms with E-state index in [-0.39, 0.29) is 17.9 Å². The SMILES string of the molecule is COC(=O)NC(C(=O)N1CCC(O)CC1)C(C)C. The van der Waals surface area contributed by atoms with E-state index in [0.29, 0.717) is 25.9 Å². The van der Waals surface area contributed by atoms with Crippen molar-refractivity contribution in [1.29, 1.82) is 0 Å². The maximum atomic E-state index is 12.3. The summed E-state index contributed by atoms with van der Waals surface area (Å²) in [5.74, 6) is -0.120. The zero-order valence-corrected chi connectivity index (χ0v) is 11.2. The molecule has 1 unspecified atom stereocenters. The number of carbonyl (C=O) groups excluding carboxylic acids is 2. The molecular formula is C12H22N2O4. The summed E-state index contributed by atoms with van der Waals surface area (Å²) in [6.07, 6.45) is 0.267. The molecule has 18 heavy (non-hydrogen) atoms. The molecule has 104 valence electrons. The van der Waals surface area contributed by atoms with Crippen LogP contribution in [0.2, 0.25) is 0 Å². The van der Waals surface area contributed by atoms with Crippen molar-refractivity contribution in [2.75, 3.05) is 20.2 Å². The average molecular weight is 258 g/mol. The molecule has 6 nitrogen and oxygen atoms in total. The van der Waals surface area contributed by atoms with Gasteiger partial charge in [-0.25, -0.2) is 4.79 Å². The van der Waals surface area contributed by atoms with E-state index in [0.717, 1.165) is 0 Å². The van der Waals surface area contributed by atoms with Crippen molar-refractivity contribution in [3.05, 3.63) is 0 Å². The molecule has 1 rings (SSSR count). The van der Waals surface area contributed by atoms with Crippen LogP contribution in [0.3, 0.4) is 0 Å². The van der Waals surface area contributed by atoms with E-state index in [1.165, 1.54) is 7.11 Å². The Morgan fingerprint density at radius 3 is 2.33 bits per heavy atom. The maximum Gasteiger partial charge on any atom is 0.407 e. The number of alkyl carbamates (subject to hydrolysis) is 1. The highest BCUT2D eigenvalue weighted by Crippen LogP contribution is 2.14. The van der Waals surface area contributed by atoms with Crippen molar-refractivity contribution in [3.8, 4) is 0 Å². The Labute approximate surface area is 107 Å². The Hall–Kier alpha value is -1.30. The highest BCUT2D eigenvalue weighted by atomic mass is 16.5. The Kier molecular flexibility index (Phi) is 5.40. The van der Waals surface area contributed by atoms with Gasteiger partial charge in [0, 0.05) is 13.1 Å². The number of aliphatic hydroxyl groups is 1. The van der Waals surface area contributed by atoms with Crippen molar-refractivity contribution in [2.45, 2.75) is 38.8 Å². The molecule has 1 fully saturated rings. The van der Waals surface area contributed by atoms with Crippen LogP contribution in [0.15, 0.2) is 0 Å². The lowest BCUT2D eigenvalue weighted by Gasteiger charge is -2.33. The fourth-order valence-electron chi connectivity index (χ4n) is 1.98. The first kappa shape index (κ1) is 14.8. The monoisotopic (exact) mass is 258 g/mol. The number of aliphatic hydroxyl groups excluding tert-OH is 1. The number of nitrogens with zero attached hydrogens (tertiary/aromatic N) is 1. The highest BCUT2D eigenvalue weighted by molar-refractivity contribution is 5.86. The van der Waals surface area contributed by atoms with E-state index in [2.05, 4.69) is 10.1 Å². The number of likely N-dealkylation sites (tertiary alicyclic amines) is 1. The number of methoxy groups -OCH3 is 1. The molecule has 0 aromatic carbocycles. The third-order valence-electron chi connectivity index (χ3n) is 3.17. The molecular weight excluding hydrogens is 236 g/mol. The van der Waals surface area contributed by atoms with Crippen LogP contribution in [0, 0.1) is 5.92 Å². The van der Waals surface area contributed by atoms with E-state index >= 15 is 0 Å². The molecule has 6 heteroatoms. The Balaban J connectivity index is 2.62. The van der Waals surface area contributed by atoms with E-state index in [1.54, 1.807) is 4.90 Å². The number of piperidine rings is 1. The number of hydrogen-bond donors (Lipinski definition) is 2. The van der Waals surface area contributed by atoms with E-state index in [4.69, 9.17) is 0 Å². The Morgan fingerprint density at radius 2 is 1.89 bits per heavy atom. The summed E-state index contributed by atoms with van der Waals surface area (Å²) < 4.78 is 4.52. The molecule has 2 amide bonds. The first-order valence-corrected chi connectivity index (χ1v) is 6.27. The summed E-state index contributed by atoms with van der Waals surface area (Å²) in [5, 5.41) is 12.0. The fraction of sp³-hybridized carbons (Fsp3) is 0.833. The molecule has 0 aliphatic carbocycles. The van der Waals surface area contributed by atoms with Gasteiger partial charge in [0.1, 0.15) is 6.04 Å². The van der Waals surface area contributed by atoms with Gasteiger partial charge in [-0.05, 0) is 18.8 Å². The lowest BCUT2D eigenvalue weighted by molar-refractivity contribution is -0.136. The summed E-state index contributed by atoms with van der Waals surface area (Å²) in [5.41, 5.74) is 0. The normalized spacial score (nSPS) is 18.6. The average Bonchev–Trinajstić information content (AvgIpc) is 2.35. The standard InChI is InChI=1S/C12H22N2O4/c1-8(2)10(13-12(17)18-3)11(16)14-6-4-9(15)5-7-14/h8-10,15H,4-7H2,1-3H3,(H,13,17). The van der Waals surface area contributed by atoms with Gasteiger partial charge < -0.3 is 20.1 Å². The topological polar surface area (TPSA) is 78.9 Å². The van der Waals surface area contributed by atoms with E-state index in [1.807, 2.05) is 13.8 Å². The fourth-order valence-corrected chi connectivity index (χ4v) is 1.98. The smallest absolute Gasteiger partial charge is 0.407 e. The van der Waals surface area contributed by atoms with Gasteiger partial charge >= 0.3 is 6.09 Å². The zero-order chi connectivity index (χ0) is 13.7. The zero-order valence-electron chi connectivity index (χ0n) is 11.2. The van der Waals surface area contributed by atoms with Crippen LogP contribution in [-0.2, 0) is 9.53 Å². The van der Waals surface area contributed by atoms with Crippen molar-refractivity contribution >= 4 is 12.0 Å². The quantitative estimate of drug-likeness (QED) is 0.765. The predicted octanol–water partition coefficient (Wildman–Crippen LogP) is 0.350. The summed E-state index contributed by atoms with van der Waals surface area (Å²) in [7, 11) is 1.27. The van der Waals surface area contributed by atoms with Gasteiger partial charge in [-0.3, -0.25) is 4.79 Å². The number of ether oxygens (including phenoxy) is 1. The number of carbonyl (C=O) groups is 2. The van der Waals surface area contributed by atoms with Gasteiger partial charge in [0.05, 0.1) is 13.2 Å². The number of nitrogens with one attached hydrogen (secondary N) is 1. The lowest BCUT2D eigenvalue weighted by Crippen LogP contribution is -2.53. The summed E-state index contributed by atoms with van der Waals surface area (Å²) in [6, 6.07) is -0.576. The van der Waals surface area contributed by atoms with E-state index < -0.39 is 12.1 Å².